The van der Waals surface area contributed by atoms with Crippen molar-refractivity contribution in [3.8, 4) is 5.75 Å². The predicted molar refractivity (Wildman–Crippen MR) is 107 cm³/mol. The van der Waals surface area contributed by atoms with Gasteiger partial charge in [-0.2, -0.15) is 0 Å². The second-order valence-electron chi connectivity index (χ2n) is 6.71. The summed E-state index contributed by atoms with van der Waals surface area (Å²) >= 11 is 11.3. The normalized spacial score (nSPS) is 13.2. The highest BCUT2D eigenvalue weighted by Gasteiger charge is 2.28. The summed E-state index contributed by atoms with van der Waals surface area (Å²) in [6, 6.07) is 12.7. The van der Waals surface area contributed by atoms with Crippen molar-refractivity contribution in [2.75, 3.05) is 0 Å². The summed E-state index contributed by atoms with van der Waals surface area (Å²) in [5.41, 5.74) is -0.200. The van der Waals surface area contributed by atoms with E-state index in [1.807, 2.05) is 12.1 Å². The van der Waals surface area contributed by atoms with Crippen molar-refractivity contribution in [2.45, 2.75) is 43.7 Å². The Bertz CT molecular complexity index is 894. The number of hydrogen-bond acceptors (Lipinski definition) is 4. The number of sulfonamides is 1. The molecule has 1 N–H and O–H groups in total. The maximum Gasteiger partial charge on any atom is 0.264 e. The third kappa shape index (κ3) is 6.21. The molecule has 0 saturated carbocycles. The van der Waals surface area contributed by atoms with Gasteiger partial charge in [0.05, 0.1) is 4.90 Å². The van der Waals surface area contributed by atoms with E-state index in [1.165, 1.54) is 24.3 Å². The largest absolute Gasteiger partial charge is 0.479 e. The van der Waals surface area contributed by atoms with Gasteiger partial charge < -0.3 is 4.74 Å². The lowest BCUT2D eigenvalue weighted by atomic mass is 10.1. The topological polar surface area (TPSA) is 72.5 Å². The molecule has 2 rings (SSSR count). The van der Waals surface area contributed by atoms with E-state index in [1.54, 1.807) is 32.9 Å². The van der Waals surface area contributed by atoms with E-state index in [9.17, 15) is 13.2 Å². The molecule has 0 amide bonds. The van der Waals surface area contributed by atoms with Crippen LogP contribution in [0.25, 0.3) is 0 Å². The first-order valence-corrected chi connectivity index (χ1v) is 10.5. The van der Waals surface area contributed by atoms with Gasteiger partial charge in [0, 0.05) is 11.1 Å². The Kier molecular flexibility index (Phi) is 6.92. The van der Waals surface area contributed by atoms with Crippen molar-refractivity contribution in [3.05, 3.63) is 59.1 Å². The molecule has 0 aliphatic carbocycles. The van der Waals surface area contributed by atoms with Gasteiger partial charge in [-0.15, -0.1) is 0 Å². The van der Waals surface area contributed by atoms with Crippen molar-refractivity contribution in [3.63, 3.8) is 0 Å². The van der Waals surface area contributed by atoms with Crippen molar-refractivity contribution in [1.82, 2.24) is 4.72 Å². The zero-order valence-corrected chi connectivity index (χ0v) is 17.5. The van der Waals surface area contributed by atoms with Crippen LogP contribution >= 0.6 is 23.2 Å². The summed E-state index contributed by atoms with van der Waals surface area (Å²) in [5, 5.41) is -0.111. The zero-order valence-electron chi connectivity index (χ0n) is 15.2. The number of hydrogen-bond donors (Lipinski definition) is 1. The average molecular weight is 430 g/mol. The molecule has 8 heteroatoms. The third-order valence-electron chi connectivity index (χ3n) is 3.79. The van der Waals surface area contributed by atoms with E-state index in [0.29, 0.717) is 17.2 Å². The standard InChI is InChI=1S/C19H21Cl2NO4S/c1-13(22-27(24,25)17-10-6-15(20)7-11-17)12-14-4-8-16(9-5-14)26-19(2,3)18(21)23/h4-11,13,22H,12H2,1-3H3/t13-/m1/s1. The number of carbonyl (C=O) groups excluding carboxylic acids is 1. The van der Waals surface area contributed by atoms with Gasteiger partial charge in [-0.1, -0.05) is 23.7 Å². The van der Waals surface area contributed by atoms with E-state index >= 15 is 0 Å². The van der Waals surface area contributed by atoms with E-state index in [-0.39, 0.29) is 10.9 Å². The molecule has 27 heavy (non-hydrogen) atoms. The van der Waals surface area contributed by atoms with E-state index in [0.717, 1.165) is 5.56 Å². The average Bonchev–Trinajstić information content (AvgIpc) is 2.56. The highest BCUT2D eigenvalue weighted by molar-refractivity contribution is 7.89. The maximum absolute atomic E-state index is 12.4. The van der Waals surface area contributed by atoms with Crippen LogP contribution < -0.4 is 9.46 Å². The van der Waals surface area contributed by atoms with Crippen molar-refractivity contribution in [1.29, 1.82) is 0 Å². The minimum absolute atomic E-state index is 0.162. The Morgan fingerprint density at radius 2 is 1.67 bits per heavy atom. The molecule has 0 radical (unpaired) electrons. The maximum atomic E-state index is 12.4. The fourth-order valence-corrected chi connectivity index (χ4v) is 3.78. The highest BCUT2D eigenvalue weighted by Crippen LogP contribution is 2.21. The zero-order chi connectivity index (χ0) is 20.2. The summed E-state index contributed by atoms with van der Waals surface area (Å²) < 4.78 is 33.0. The van der Waals surface area contributed by atoms with Crippen LogP contribution in [0, 0.1) is 0 Å². The Morgan fingerprint density at radius 3 is 2.19 bits per heavy atom. The molecular weight excluding hydrogens is 409 g/mol. The van der Waals surface area contributed by atoms with Crippen molar-refractivity contribution in [2.24, 2.45) is 0 Å². The fraction of sp³-hybridized carbons (Fsp3) is 0.316. The van der Waals surface area contributed by atoms with E-state index in [2.05, 4.69) is 4.72 Å². The second-order valence-corrected chi connectivity index (χ2v) is 9.20. The number of rotatable bonds is 8. The van der Waals surface area contributed by atoms with Crippen LogP contribution in [0.2, 0.25) is 5.02 Å². The molecule has 0 aliphatic heterocycles. The molecule has 1 atom stereocenters. The first kappa shape index (κ1) is 21.7. The van der Waals surface area contributed by atoms with E-state index in [4.69, 9.17) is 27.9 Å². The molecule has 0 aliphatic rings. The summed E-state index contributed by atoms with van der Waals surface area (Å²) in [7, 11) is -3.62. The molecule has 0 heterocycles. The van der Waals surface area contributed by atoms with Crippen LogP contribution in [0.4, 0.5) is 0 Å². The fourth-order valence-electron chi connectivity index (χ4n) is 2.37. The lowest BCUT2D eigenvalue weighted by Crippen LogP contribution is -2.35. The molecule has 0 spiro atoms. The molecule has 5 nitrogen and oxygen atoms in total. The van der Waals surface area contributed by atoms with Gasteiger partial charge in [0.2, 0.25) is 10.0 Å². The molecule has 2 aromatic rings. The van der Waals surface area contributed by atoms with Crippen LogP contribution in [-0.4, -0.2) is 25.3 Å². The van der Waals surface area contributed by atoms with Crippen LogP contribution in [0.1, 0.15) is 26.3 Å². The lowest BCUT2D eigenvalue weighted by molar-refractivity contribution is -0.123. The quantitative estimate of drug-likeness (QED) is 0.638. The smallest absolute Gasteiger partial charge is 0.264 e. The van der Waals surface area contributed by atoms with Crippen LogP contribution in [0.3, 0.4) is 0 Å². The first-order valence-electron chi connectivity index (χ1n) is 8.25. The Labute approximate surface area is 169 Å². The summed E-state index contributed by atoms with van der Waals surface area (Å²) in [6.45, 7) is 4.96. The first-order chi connectivity index (χ1) is 12.5. The number of halogens is 2. The van der Waals surface area contributed by atoms with Gasteiger partial charge in [-0.25, -0.2) is 13.1 Å². The number of nitrogens with one attached hydrogen (secondary N) is 1. The molecule has 0 unspecified atom stereocenters. The monoisotopic (exact) mass is 429 g/mol. The van der Waals surface area contributed by atoms with Gasteiger partial charge in [-0.3, -0.25) is 4.79 Å². The minimum Gasteiger partial charge on any atom is -0.479 e. The summed E-state index contributed by atoms with van der Waals surface area (Å²) in [5.74, 6) is 0.507. The SMILES string of the molecule is C[C@H](Cc1ccc(OC(C)(C)C(=O)Cl)cc1)NS(=O)(=O)c1ccc(Cl)cc1. The second kappa shape index (κ2) is 8.61. The summed E-state index contributed by atoms with van der Waals surface area (Å²) in [6.07, 6.45) is 0.491. The molecular formula is C19H21Cl2NO4S. The van der Waals surface area contributed by atoms with Gasteiger partial charge in [0.1, 0.15) is 5.75 Å². The number of benzene rings is 2. The number of ether oxygens (including phenoxy) is 1. The molecule has 0 saturated heterocycles. The molecule has 0 bridgehead atoms. The van der Waals surface area contributed by atoms with Crippen LogP contribution in [0.5, 0.6) is 5.75 Å². The Hall–Kier alpha value is -1.60. The minimum atomic E-state index is -3.62. The molecule has 2 aromatic carbocycles. The lowest BCUT2D eigenvalue weighted by Gasteiger charge is -2.22. The number of carbonyl (C=O) groups is 1. The van der Waals surface area contributed by atoms with Crippen LogP contribution in [0.15, 0.2) is 53.4 Å². The van der Waals surface area contributed by atoms with Crippen molar-refractivity contribution < 1.29 is 17.9 Å². The Morgan fingerprint density at radius 1 is 1.11 bits per heavy atom. The van der Waals surface area contributed by atoms with Gasteiger partial charge in [0.25, 0.3) is 5.24 Å². The Balaban J connectivity index is 2.00. The van der Waals surface area contributed by atoms with Crippen LogP contribution in [-0.2, 0) is 21.2 Å². The molecule has 146 valence electrons. The molecule has 0 aromatic heterocycles. The van der Waals surface area contributed by atoms with Gasteiger partial charge in [0.15, 0.2) is 5.60 Å². The van der Waals surface area contributed by atoms with Crippen molar-refractivity contribution >= 4 is 38.5 Å². The van der Waals surface area contributed by atoms with Gasteiger partial charge in [-0.05, 0) is 80.8 Å². The molecule has 0 fully saturated rings. The van der Waals surface area contributed by atoms with E-state index < -0.39 is 20.9 Å². The summed E-state index contributed by atoms with van der Waals surface area (Å²) in [4.78, 5) is 11.5. The van der Waals surface area contributed by atoms with Gasteiger partial charge >= 0.3 is 0 Å². The highest BCUT2D eigenvalue weighted by atomic mass is 35.5. The third-order valence-corrected chi connectivity index (χ3v) is 6.10. The predicted octanol–water partition coefficient (Wildman–Crippen LogP) is 4.17.